The molecule has 0 spiro atoms. The number of thioether (sulfide) groups is 1. The summed E-state index contributed by atoms with van der Waals surface area (Å²) in [5, 5.41) is 2.90. The summed E-state index contributed by atoms with van der Waals surface area (Å²) in [7, 11) is 1.84. The Bertz CT molecular complexity index is 691. The molecular formula is C17H20N2O3S2. The van der Waals surface area contributed by atoms with Gasteiger partial charge in [-0.05, 0) is 25.1 Å². The fourth-order valence-electron chi connectivity index (χ4n) is 2.37. The SMILES string of the molecule is C[C@@H](c1nccs1)N(C)C(=O)CCSc1ccc2c(c1)OCCO2. The molecule has 2 aromatic rings. The number of rotatable bonds is 6. The van der Waals surface area contributed by atoms with Crippen LogP contribution in [0.25, 0.3) is 0 Å². The highest BCUT2D eigenvalue weighted by Crippen LogP contribution is 2.34. The minimum Gasteiger partial charge on any atom is -0.486 e. The van der Waals surface area contributed by atoms with E-state index in [2.05, 4.69) is 4.98 Å². The van der Waals surface area contributed by atoms with E-state index in [0.29, 0.717) is 19.6 Å². The maximum atomic E-state index is 12.3. The molecule has 1 aliphatic rings. The van der Waals surface area contributed by atoms with Gasteiger partial charge in [-0.2, -0.15) is 0 Å². The van der Waals surface area contributed by atoms with Crippen molar-refractivity contribution in [1.29, 1.82) is 0 Å². The molecule has 7 heteroatoms. The first kappa shape index (κ1) is 17.1. The first-order chi connectivity index (χ1) is 11.6. The number of benzene rings is 1. The average Bonchev–Trinajstić information content (AvgIpc) is 3.15. The van der Waals surface area contributed by atoms with Crippen molar-refractivity contribution in [2.75, 3.05) is 26.0 Å². The molecule has 0 saturated carbocycles. The molecule has 0 fully saturated rings. The molecule has 0 unspecified atom stereocenters. The minimum atomic E-state index is 0.0109. The Morgan fingerprint density at radius 3 is 2.92 bits per heavy atom. The molecule has 0 saturated heterocycles. The van der Waals surface area contributed by atoms with Crippen LogP contribution in [0.15, 0.2) is 34.7 Å². The molecule has 1 aliphatic heterocycles. The van der Waals surface area contributed by atoms with Gasteiger partial charge < -0.3 is 14.4 Å². The lowest BCUT2D eigenvalue weighted by Crippen LogP contribution is -2.29. The zero-order valence-corrected chi connectivity index (χ0v) is 15.4. The van der Waals surface area contributed by atoms with E-state index in [0.717, 1.165) is 27.2 Å². The molecule has 24 heavy (non-hydrogen) atoms. The molecule has 0 radical (unpaired) electrons. The third-order valence-electron chi connectivity index (χ3n) is 3.88. The van der Waals surface area contributed by atoms with Crippen LogP contribution in [0.2, 0.25) is 0 Å². The Labute approximate surface area is 150 Å². The molecule has 5 nitrogen and oxygen atoms in total. The highest BCUT2D eigenvalue weighted by atomic mass is 32.2. The molecule has 128 valence electrons. The van der Waals surface area contributed by atoms with E-state index in [1.807, 2.05) is 37.6 Å². The van der Waals surface area contributed by atoms with Crippen LogP contribution in [0.3, 0.4) is 0 Å². The van der Waals surface area contributed by atoms with Gasteiger partial charge in [0.05, 0.1) is 6.04 Å². The van der Waals surface area contributed by atoms with E-state index in [-0.39, 0.29) is 11.9 Å². The second-order valence-corrected chi connectivity index (χ2v) is 7.55. The monoisotopic (exact) mass is 364 g/mol. The van der Waals surface area contributed by atoms with E-state index < -0.39 is 0 Å². The molecule has 3 rings (SSSR count). The van der Waals surface area contributed by atoms with Crippen LogP contribution in [0.4, 0.5) is 0 Å². The molecule has 1 aromatic heterocycles. The first-order valence-electron chi connectivity index (χ1n) is 7.82. The number of hydrogen-bond acceptors (Lipinski definition) is 6. The zero-order valence-electron chi connectivity index (χ0n) is 13.7. The highest BCUT2D eigenvalue weighted by Gasteiger charge is 2.19. The Morgan fingerprint density at radius 2 is 2.17 bits per heavy atom. The number of amides is 1. The Morgan fingerprint density at radius 1 is 1.38 bits per heavy atom. The molecular weight excluding hydrogens is 344 g/mol. The van der Waals surface area contributed by atoms with Gasteiger partial charge in [-0.25, -0.2) is 4.98 Å². The normalized spacial score (nSPS) is 14.2. The second-order valence-electron chi connectivity index (χ2n) is 5.45. The molecule has 0 N–H and O–H groups in total. The predicted molar refractivity (Wildman–Crippen MR) is 96.1 cm³/mol. The number of fused-ring (bicyclic) bond motifs is 1. The summed E-state index contributed by atoms with van der Waals surface area (Å²) in [6.45, 7) is 3.18. The van der Waals surface area contributed by atoms with Gasteiger partial charge in [-0.3, -0.25) is 4.79 Å². The predicted octanol–water partition coefficient (Wildman–Crippen LogP) is 3.62. The Kier molecular flexibility index (Phi) is 5.63. The number of carbonyl (C=O) groups is 1. The standard InChI is InChI=1S/C17H20N2O3S2/c1-12(17-18-6-10-24-17)19(2)16(20)5-9-23-13-3-4-14-15(11-13)22-8-7-21-14/h3-4,6,10-12H,5,7-9H2,1-2H3/t12-/m0/s1. The van der Waals surface area contributed by atoms with Gasteiger partial charge in [-0.1, -0.05) is 0 Å². The summed E-state index contributed by atoms with van der Waals surface area (Å²) in [5.41, 5.74) is 0. The van der Waals surface area contributed by atoms with Crippen molar-refractivity contribution < 1.29 is 14.3 Å². The number of thiazole rings is 1. The van der Waals surface area contributed by atoms with Crippen molar-refractivity contribution in [3.05, 3.63) is 34.8 Å². The average molecular weight is 364 g/mol. The molecule has 0 aliphatic carbocycles. The van der Waals surface area contributed by atoms with Crippen LogP contribution in [-0.4, -0.2) is 41.8 Å². The van der Waals surface area contributed by atoms with Crippen molar-refractivity contribution in [2.24, 2.45) is 0 Å². The summed E-state index contributed by atoms with van der Waals surface area (Å²) in [6.07, 6.45) is 2.26. The Hall–Kier alpha value is -1.73. The number of nitrogens with zero attached hydrogens (tertiary/aromatic N) is 2. The van der Waals surface area contributed by atoms with E-state index in [9.17, 15) is 4.79 Å². The van der Waals surface area contributed by atoms with E-state index in [1.54, 1.807) is 34.2 Å². The van der Waals surface area contributed by atoms with Gasteiger partial charge in [0, 0.05) is 35.7 Å². The van der Waals surface area contributed by atoms with Gasteiger partial charge in [0.1, 0.15) is 18.2 Å². The molecule has 2 heterocycles. The first-order valence-corrected chi connectivity index (χ1v) is 9.69. The smallest absolute Gasteiger partial charge is 0.223 e. The third kappa shape index (κ3) is 4.02. The topological polar surface area (TPSA) is 51.7 Å². The van der Waals surface area contributed by atoms with Crippen molar-refractivity contribution >= 4 is 29.0 Å². The van der Waals surface area contributed by atoms with E-state index in [4.69, 9.17) is 9.47 Å². The largest absolute Gasteiger partial charge is 0.486 e. The van der Waals surface area contributed by atoms with Gasteiger partial charge in [0.2, 0.25) is 5.91 Å². The number of ether oxygens (including phenoxy) is 2. The van der Waals surface area contributed by atoms with Crippen LogP contribution in [0, 0.1) is 0 Å². The lowest BCUT2D eigenvalue weighted by molar-refractivity contribution is -0.131. The fourth-order valence-corrected chi connectivity index (χ4v) is 3.97. The molecule has 0 bridgehead atoms. The van der Waals surface area contributed by atoms with Crippen LogP contribution in [0.1, 0.15) is 24.4 Å². The third-order valence-corrected chi connectivity index (χ3v) is 5.82. The lowest BCUT2D eigenvalue weighted by Gasteiger charge is -2.23. The summed E-state index contributed by atoms with van der Waals surface area (Å²) in [5.74, 6) is 2.43. The van der Waals surface area contributed by atoms with Crippen molar-refractivity contribution in [1.82, 2.24) is 9.88 Å². The number of hydrogen-bond donors (Lipinski definition) is 0. The molecule has 1 amide bonds. The van der Waals surface area contributed by atoms with Crippen molar-refractivity contribution in [3.8, 4) is 11.5 Å². The summed E-state index contributed by atoms with van der Waals surface area (Å²) in [6, 6.07) is 5.92. The summed E-state index contributed by atoms with van der Waals surface area (Å²) < 4.78 is 11.1. The highest BCUT2D eigenvalue weighted by molar-refractivity contribution is 7.99. The van der Waals surface area contributed by atoms with Crippen LogP contribution >= 0.6 is 23.1 Å². The Balaban J connectivity index is 1.50. The van der Waals surface area contributed by atoms with E-state index >= 15 is 0 Å². The van der Waals surface area contributed by atoms with Gasteiger partial charge in [0.15, 0.2) is 11.5 Å². The van der Waals surface area contributed by atoms with Crippen LogP contribution in [-0.2, 0) is 4.79 Å². The fraction of sp³-hybridized carbons (Fsp3) is 0.412. The number of aromatic nitrogens is 1. The lowest BCUT2D eigenvalue weighted by atomic mass is 10.3. The maximum Gasteiger partial charge on any atom is 0.223 e. The zero-order chi connectivity index (χ0) is 16.9. The summed E-state index contributed by atoms with van der Waals surface area (Å²) in [4.78, 5) is 19.5. The van der Waals surface area contributed by atoms with Crippen LogP contribution in [0.5, 0.6) is 11.5 Å². The van der Waals surface area contributed by atoms with Crippen LogP contribution < -0.4 is 9.47 Å². The van der Waals surface area contributed by atoms with Gasteiger partial charge in [-0.15, -0.1) is 23.1 Å². The van der Waals surface area contributed by atoms with Gasteiger partial charge in [0.25, 0.3) is 0 Å². The van der Waals surface area contributed by atoms with Crippen molar-refractivity contribution in [3.63, 3.8) is 0 Å². The minimum absolute atomic E-state index is 0.0109. The van der Waals surface area contributed by atoms with Gasteiger partial charge >= 0.3 is 0 Å². The molecule has 1 aromatic carbocycles. The number of carbonyl (C=O) groups excluding carboxylic acids is 1. The van der Waals surface area contributed by atoms with Crippen molar-refractivity contribution in [2.45, 2.75) is 24.3 Å². The summed E-state index contributed by atoms with van der Waals surface area (Å²) >= 11 is 3.23. The maximum absolute atomic E-state index is 12.3. The second kappa shape index (κ2) is 7.90. The molecule has 1 atom stereocenters. The quantitative estimate of drug-likeness (QED) is 0.733. The van der Waals surface area contributed by atoms with E-state index in [1.165, 1.54) is 0 Å².